The highest BCUT2D eigenvalue weighted by molar-refractivity contribution is 6.00. The van der Waals surface area contributed by atoms with Gasteiger partial charge in [0.15, 0.2) is 5.65 Å². The third-order valence-corrected chi connectivity index (χ3v) is 6.24. The molecule has 0 aromatic carbocycles. The van der Waals surface area contributed by atoms with E-state index in [1.165, 1.54) is 6.20 Å². The molecule has 0 radical (unpaired) electrons. The molecule has 1 amide bonds. The van der Waals surface area contributed by atoms with Crippen LogP contribution in [0, 0.1) is 0 Å². The Labute approximate surface area is 183 Å². The average molecular weight is 438 g/mol. The molecule has 3 fully saturated rings. The first kappa shape index (κ1) is 19.2. The SMILES string of the molecule is CNc1cc(Nc2cccc(N3CC4(CCO4)C3)n2)nc2c(C(=O)NC3CC3F)cnn12. The van der Waals surface area contributed by atoms with Gasteiger partial charge in [0.25, 0.3) is 5.91 Å². The molecule has 1 spiro atoms. The zero-order valence-electron chi connectivity index (χ0n) is 17.5. The van der Waals surface area contributed by atoms with E-state index in [-0.39, 0.29) is 17.1 Å². The minimum Gasteiger partial charge on any atom is -0.373 e. The summed E-state index contributed by atoms with van der Waals surface area (Å²) in [5.74, 6) is 2.29. The van der Waals surface area contributed by atoms with Gasteiger partial charge in [0.1, 0.15) is 40.6 Å². The first-order valence-corrected chi connectivity index (χ1v) is 10.7. The van der Waals surface area contributed by atoms with E-state index in [1.54, 1.807) is 17.6 Å². The number of rotatable bonds is 6. The number of fused-ring (bicyclic) bond motifs is 1. The summed E-state index contributed by atoms with van der Waals surface area (Å²) in [5.41, 5.74) is 0.689. The summed E-state index contributed by atoms with van der Waals surface area (Å²) in [6, 6.07) is 7.13. The van der Waals surface area contributed by atoms with E-state index in [1.807, 2.05) is 18.2 Å². The van der Waals surface area contributed by atoms with Crippen molar-refractivity contribution in [3.63, 3.8) is 0 Å². The summed E-state index contributed by atoms with van der Waals surface area (Å²) in [4.78, 5) is 24.1. The van der Waals surface area contributed by atoms with E-state index in [9.17, 15) is 9.18 Å². The fourth-order valence-corrected chi connectivity index (χ4v) is 4.18. The number of hydrogen-bond acceptors (Lipinski definition) is 8. The van der Waals surface area contributed by atoms with Gasteiger partial charge in [-0.15, -0.1) is 0 Å². The van der Waals surface area contributed by atoms with Gasteiger partial charge in [0.05, 0.1) is 31.9 Å². The van der Waals surface area contributed by atoms with Crippen LogP contribution in [0.1, 0.15) is 23.2 Å². The Hall–Kier alpha value is -3.47. The maximum atomic E-state index is 13.2. The number of nitrogens with one attached hydrogen (secondary N) is 3. The summed E-state index contributed by atoms with van der Waals surface area (Å²) in [6.07, 6.45) is 1.92. The van der Waals surface area contributed by atoms with Crippen LogP contribution in [0.2, 0.25) is 0 Å². The molecule has 3 aromatic rings. The standard InChI is InChI=1S/C21H23FN8O2/c1-23-18-8-16(28-19-12(9-24-30(18)19)20(31)25-14-7-13(14)22)26-15-3-2-4-17(27-15)29-10-21(11-29)5-6-32-21/h2-4,8-9,13-14,23H,5-7,10-11H2,1H3,(H,25,31)(H,26,27,28). The number of alkyl halides is 1. The molecule has 1 aliphatic carbocycles. The molecule has 166 valence electrons. The second-order valence-corrected chi connectivity index (χ2v) is 8.55. The van der Waals surface area contributed by atoms with E-state index >= 15 is 0 Å². The zero-order chi connectivity index (χ0) is 21.9. The molecule has 32 heavy (non-hydrogen) atoms. The average Bonchev–Trinajstić information content (AvgIpc) is 3.23. The topological polar surface area (TPSA) is 109 Å². The van der Waals surface area contributed by atoms with Crippen molar-refractivity contribution in [1.29, 1.82) is 0 Å². The Morgan fingerprint density at radius 3 is 2.78 bits per heavy atom. The highest BCUT2D eigenvalue weighted by atomic mass is 19.1. The lowest BCUT2D eigenvalue weighted by molar-refractivity contribution is -0.161. The lowest BCUT2D eigenvalue weighted by atomic mass is 9.86. The number of amides is 1. The molecule has 3 aromatic heterocycles. The molecule has 2 saturated heterocycles. The maximum absolute atomic E-state index is 13.2. The Balaban J connectivity index is 1.26. The number of aromatic nitrogens is 4. The Bertz CT molecular complexity index is 1200. The molecule has 3 aliphatic rings. The largest absolute Gasteiger partial charge is 0.373 e. The minimum atomic E-state index is -0.977. The summed E-state index contributed by atoms with van der Waals surface area (Å²) in [7, 11) is 1.76. The van der Waals surface area contributed by atoms with Crippen LogP contribution in [0.4, 0.5) is 27.7 Å². The second-order valence-electron chi connectivity index (χ2n) is 8.55. The molecule has 2 atom stereocenters. The predicted octanol–water partition coefficient (Wildman–Crippen LogP) is 1.73. The van der Waals surface area contributed by atoms with Gasteiger partial charge in [-0.25, -0.2) is 14.4 Å². The summed E-state index contributed by atoms with van der Waals surface area (Å²) in [6.45, 7) is 2.55. The van der Waals surface area contributed by atoms with Gasteiger partial charge in [0, 0.05) is 26.0 Å². The highest BCUT2D eigenvalue weighted by Crippen LogP contribution is 2.38. The number of ether oxygens (including phenoxy) is 1. The Morgan fingerprint density at radius 1 is 1.28 bits per heavy atom. The second kappa shape index (κ2) is 7.02. The van der Waals surface area contributed by atoms with Gasteiger partial charge >= 0.3 is 0 Å². The van der Waals surface area contributed by atoms with E-state index in [2.05, 4.69) is 30.9 Å². The number of hydrogen-bond donors (Lipinski definition) is 3. The van der Waals surface area contributed by atoms with Crippen molar-refractivity contribution in [1.82, 2.24) is 24.9 Å². The molecule has 1 saturated carbocycles. The van der Waals surface area contributed by atoms with Gasteiger partial charge in [-0.2, -0.15) is 9.61 Å². The summed E-state index contributed by atoms with van der Waals surface area (Å²) in [5, 5.41) is 13.2. The van der Waals surface area contributed by atoms with Gasteiger partial charge < -0.3 is 25.6 Å². The van der Waals surface area contributed by atoms with Gasteiger partial charge in [0.2, 0.25) is 0 Å². The molecule has 10 nitrogen and oxygen atoms in total. The Morgan fingerprint density at radius 2 is 2.09 bits per heavy atom. The van der Waals surface area contributed by atoms with E-state index in [4.69, 9.17) is 9.72 Å². The quantitative estimate of drug-likeness (QED) is 0.534. The molecule has 0 bridgehead atoms. The van der Waals surface area contributed by atoms with Crippen LogP contribution in [-0.4, -0.2) is 70.0 Å². The van der Waals surface area contributed by atoms with Crippen LogP contribution >= 0.6 is 0 Å². The van der Waals surface area contributed by atoms with Crippen molar-refractivity contribution in [3.8, 4) is 0 Å². The van der Waals surface area contributed by atoms with Crippen LogP contribution in [-0.2, 0) is 4.74 Å². The number of halogens is 1. The third kappa shape index (κ3) is 3.20. The van der Waals surface area contributed by atoms with E-state index < -0.39 is 12.2 Å². The first-order valence-electron chi connectivity index (χ1n) is 10.7. The van der Waals surface area contributed by atoms with Crippen LogP contribution in [0.3, 0.4) is 0 Å². The van der Waals surface area contributed by atoms with Crippen molar-refractivity contribution in [2.75, 3.05) is 42.3 Å². The fourth-order valence-electron chi connectivity index (χ4n) is 4.18. The number of carbonyl (C=O) groups is 1. The van der Waals surface area contributed by atoms with Crippen LogP contribution in [0.5, 0.6) is 0 Å². The molecule has 3 N–H and O–H groups in total. The number of carbonyl (C=O) groups excluding carboxylic acids is 1. The molecule has 5 heterocycles. The molecule has 6 rings (SSSR count). The fraction of sp³-hybridized carbons (Fsp3) is 0.429. The van der Waals surface area contributed by atoms with Crippen LogP contribution < -0.4 is 20.9 Å². The summed E-state index contributed by atoms with van der Waals surface area (Å²) >= 11 is 0. The molecular formula is C21H23FN8O2. The lowest BCUT2D eigenvalue weighted by Crippen LogP contribution is -2.68. The molecule has 11 heteroatoms. The van der Waals surface area contributed by atoms with Crippen LogP contribution in [0.25, 0.3) is 5.65 Å². The van der Waals surface area contributed by atoms with Gasteiger partial charge in [-0.05, 0) is 12.1 Å². The zero-order valence-corrected chi connectivity index (χ0v) is 17.5. The van der Waals surface area contributed by atoms with Gasteiger partial charge in [-0.3, -0.25) is 4.79 Å². The predicted molar refractivity (Wildman–Crippen MR) is 116 cm³/mol. The van der Waals surface area contributed by atoms with Gasteiger partial charge in [-0.1, -0.05) is 6.07 Å². The monoisotopic (exact) mass is 438 g/mol. The van der Waals surface area contributed by atoms with Crippen molar-refractivity contribution < 1.29 is 13.9 Å². The Kier molecular flexibility index (Phi) is 4.22. The highest BCUT2D eigenvalue weighted by Gasteiger charge is 2.49. The van der Waals surface area contributed by atoms with Crippen LogP contribution in [0.15, 0.2) is 30.5 Å². The molecule has 2 aliphatic heterocycles. The third-order valence-electron chi connectivity index (χ3n) is 6.24. The normalized spacial score (nSPS) is 22.9. The number of pyridine rings is 1. The van der Waals surface area contributed by atoms with Crippen molar-refractivity contribution >= 4 is 34.8 Å². The lowest BCUT2D eigenvalue weighted by Gasteiger charge is -2.55. The van der Waals surface area contributed by atoms with E-state index in [0.29, 0.717) is 29.5 Å². The number of anilines is 4. The summed E-state index contributed by atoms with van der Waals surface area (Å²) < 4.78 is 20.4. The van der Waals surface area contributed by atoms with Crippen molar-refractivity contribution in [3.05, 3.63) is 36.0 Å². The first-order chi connectivity index (χ1) is 15.5. The smallest absolute Gasteiger partial charge is 0.257 e. The van der Waals surface area contributed by atoms with Crippen molar-refractivity contribution in [2.45, 2.75) is 30.7 Å². The minimum absolute atomic E-state index is 0.0288. The van der Waals surface area contributed by atoms with E-state index in [0.717, 1.165) is 31.9 Å². The van der Waals surface area contributed by atoms with Crippen molar-refractivity contribution in [2.24, 2.45) is 0 Å². The molecule has 2 unspecified atom stereocenters. The molecular weight excluding hydrogens is 415 g/mol. The number of nitrogens with zero attached hydrogens (tertiary/aromatic N) is 5. The maximum Gasteiger partial charge on any atom is 0.257 e.